The van der Waals surface area contributed by atoms with Crippen molar-refractivity contribution in [1.29, 1.82) is 0 Å². The maximum absolute atomic E-state index is 12.4. The summed E-state index contributed by atoms with van der Waals surface area (Å²) in [4.78, 5) is 14.0. The average molecular weight is 333 g/mol. The van der Waals surface area contributed by atoms with Crippen LogP contribution in [0.3, 0.4) is 0 Å². The van der Waals surface area contributed by atoms with Gasteiger partial charge < -0.3 is 19.8 Å². The molecule has 2 atom stereocenters. The van der Waals surface area contributed by atoms with E-state index in [4.69, 9.17) is 4.74 Å². The lowest BCUT2D eigenvalue weighted by Gasteiger charge is -2.24. The van der Waals surface area contributed by atoms with Crippen molar-refractivity contribution < 1.29 is 19.7 Å². The summed E-state index contributed by atoms with van der Waals surface area (Å²) in [5.41, 5.74) is 0.247. The molecule has 5 nitrogen and oxygen atoms in total. The minimum atomic E-state index is -0.545. The van der Waals surface area contributed by atoms with Gasteiger partial charge in [-0.3, -0.25) is 0 Å². The monoisotopic (exact) mass is 333 g/mol. The van der Waals surface area contributed by atoms with Gasteiger partial charge in [0.25, 0.3) is 0 Å². The van der Waals surface area contributed by atoms with Crippen LogP contribution in [-0.2, 0) is 4.74 Å². The van der Waals surface area contributed by atoms with E-state index in [1.54, 1.807) is 17.1 Å². The first-order valence-corrected chi connectivity index (χ1v) is 8.35. The molecule has 0 aromatic carbocycles. The number of carbonyl (C=O) groups is 1. The lowest BCUT2D eigenvalue weighted by atomic mass is 9.85. The first-order chi connectivity index (χ1) is 11.3. The Morgan fingerprint density at radius 1 is 1.21 bits per heavy atom. The Bertz CT molecular complexity index is 581. The van der Waals surface area contributed by atoms with Crippen LogP contribution < -0.4 is 0 Å². The number of aliphatic hydroxyl groups is 2. The fourth-order valence-electron chi connectivity index (χ4n) is 3.09. The van der Waals surface area contributed by atoms with Crippen LogP contribution in [0.2, 0.25) is 0 Å². The molecule has 1 aliphatic carbocycles. The van der Waals surface area contributed by atoms with Gasteiger partial charge in [0.05, 0.1) is 0 Å². The van der Waals surface area contributed by atoms with Crippen molar-refractivity contribution in [3.05, 3.63) is 47.8 Å². The first-order valence-electron chi connectivity index (χ1n) is 8.35. The minimum Gasteiger partial charge on any atom is -0.508 e. The van der Waals surface area contributed by atoms with Gasteiger partial charge in [0.2, 0.25) is 0 Å². The second-order valence-electron chi connectivity index (χ2n) is 7.21. The van der Waals surface area contributed by atoms with Crippen LogP contribution in [0, 0.1) is 11.8 Å². The Morgan fingerprint density at radius 2 is 1.88 bits per heavy atom. The molecule has 0 bridgehead atoms. The first kappa shape index (κ1) is 18.3. The lowest BCUT2D eigenvalue weighted by molar-refractivity contribution is 0.0283. The molecule has 0 aromatic rings. The number of allylic oxidation sites excluding steroid dienone is 7. The molecule has 2 N–H and O–H groups in total. The summed E-state index contributed by atoms with van der Waals surface area (Å²) >= 11 is 0. The highest BCUT2D eigenvalue weighted by Crippen LogP contribution is 2.35. The largest absolute Gasteiger partial charge is 0.508 e. The van der Waals surface area contributed by atoms with Gasteiger partial charge in [0.1, 0.15) is 11.4 Å². The van der Waals surface area contributed by atoms with Crippen LogP contribution in [0.25, 0.3) is 0 Å². The molecule has 0 aromatic heterocycles. The zero-order chi connectivity index (χ0) is 17.7. The molecule has 2 aliphatic rings. The Kier molecular flexibility index (Phi) is 5.89. The summed E-state index contributed by atoms with van der Waals surface area (Å²) in [6.45, 7) is 6.56. The van der Waals surface area contributed by atoms with Gasteiger partial charge in [-0.25, -0.2) is 4.79 Å². The average Bonchev–Trinajstić information content (AvgIpc) is 2.86. The topological polar surface area (TPSA) is 70.0 Å². The van der Waals surface area contributed by atoms with Gasteiger partial charge in [-0.1, -0.05) is 30.4 Å². The summed E-state index contributed by atoms with van der Waals surface area (Å²) in [5.74, 6) is 0.257. The molecule has 2 unspecified atom stereocenters. The van der Waals surface area contributed by atoms with Crippen molar-refractivity contribution in [2.45, 2.75) is 32.8 Å². The third-order valence-corrected chi connectivity index (χ3v) is 4.15. The van der Waals surface area contributed by atoms with Gasteiger partial charge in [-0.2, -0.15) is 0 Å². The summed E-state index contributed by atoms with van der Waals surface area (Å²) < 4.78 is 5.46. The van der Waals surface area contributed by atoms with Crippen molar-refractivity contribution in [2.75, 3.05) is 19.7 Å². The number of carbonyl (C=O) groups excluding carboxylic acids is 1. The molecule has 5 heteroatoms. The molecule has 1 amide bonds. The summed E-state index contributed by atoms with van der Waals surface area (Å²) in [6, 6.07) is 0. The summed E-state index contributed by atoms with van der Waals surface area (Å²) in [7, 11) is 0. The number of rotatable bonds is 3. The van der Waals surface area contributed by atoms with Crippen molar-refractivity contribution in [3.8, 4) is 0 Å². The van der Waals surface area contributed by atoms with E-state index in [1.807, 2.05) is 45.1 Å². The van der Waals surface area contributed by atoms with Gasteiger partial charge in [-0.15, -0.1) is 0 Å². The maximum atomic E-state index is 12.4. The number of ether oxygens (including phenoxy) is 1. The van der Waals surface area contributed by atoms with Crippen molar-refractivity contribution in [2.24, 2.45) is 11.8 Å². The third-order valence-electron chi connectivity index (χ3n) is 4.15. The quantitative estimate of drug-likeness (QED) is 0.831. The van der Waals surface area contributed by atoms with Crippen LogP contribution in [0.15, 0.2) is 47.8 Å². The van der Waals surface area contributed by atoms with E-state index >= 15 is 0 Å². The highest BCUT2D eigenvalue weighted by atomic mass is 16.6. The van der Waals surface area contributed by atoms with Gasteiger partial charge in [-0.05, 0) is 44.8 Å². The van der Waals surface area contributed by atoms with E-state index in [0.29, 0.717) is 19.5 Å². The third kappa shape index (κ3) is 4.74. The fourth-order valence-corrected chi connectivity index (χ4v) is 3.09. The molecule has 1 fully saturated rings. The predicted octanol–water partition coefficient (Wildman–Crippen LogP) is 3.35. The number of amides is 1. The number of hydrogen-bond acceptors (Lipinski definition) is 4. The molecule has 1 heterocycles. The Hall–Kier alpha value is -2.01. The SMILES string of the molecule is CC(C)(C)OC(=O)N1CC(CCO)C(C2=C/C=C\C=C/C=C2O)C1. The Balaban J connectivity index is 2.20. The zero-order valence-electron chi connectivity index (χ0n) is 14.6. The standard InChI is InChI=1S/C19H27NO4/c1-19(2,3)24-18(23)20-12-14(10-11-21)16(13-20)15-8-6-4-5-7-9-17(15)22/h4-9,14,16,21-22H,10-13H2,1-3H3/b5-4?,6-4-,7-5-,8-6?,9-7?,15-8?,17-9?,17-15?. The molecular formula is C19H27NO4. The van der Waals surface area contributed by atoms with Crippen LogP contribution in [0.1, 0.15) is 27.2 Å². The van der Waals surface area contributed by atoms with E-state index < -0.39 is 5.60 Å². The number of aliphatic hydroxyl groups excluding tert-OH is 2. The number of nitrogens with zero attached hydrogens (tertiary/aromatic N) is 1. The molecular weight excluding hydrogens is 306 g/mol. The minimum absolute atomic E-state index is 0.0305. The van der Waals surface area contributed by atoms with Crippen molar-refractivity contribution >= 4 is 6.09 Å². The van der Waals surface area contributed by atoms with Gasteiger partial charge >= 0.3 is 6.09 Å². The molecule has 0 radical (unpaired) electrons. The van der Waals surface area contributed by atoms with Crippen LogP contribution in [0.5, 0.6) is 0 Å². The van der Waals surface area contributed by atoms with E-state index in [-0.39, 0.29) is 30.3 Å². The molecule has 24 heavy (non-hydrogen) atoms. The van der Waals surface area contributed by atoms with Crippen molar-refractivity contribution in [1.82, 2.24) is 4.90 Å². The number of likely N-dealkylation sites (tertiary alicyclic amines) is 1. The lowest BCUT2D eigenvalue weighted by Crippen LogP contribution is -2.35. The smallest absolute Gasteiger partial charge is 0.410 e. The van der Waals surface area contributed by atoms with Crippen LogP contribution in [-0.4, -0.2) is 46.5 Å². The Morgan fingerprint density at radius 3 is 2.50 bits per heavy atom. The van der Waals surface area contributed by atoms with E-state index in [9.17, 15) is 15.0 Å². The second-order valence-corrected chi connectivity index (χ2v) is 7.21. The van der Waals surface area contributed by atoms with E-state index in [1.165, 1.54) is 0 Å². The van der Waals surface area contributed by atoms with Gasteiger partial charge in [0.15, 0.2) is 0 Å². The van der Waals surface area contributed by atoms with Crippen molar-refractivity contribution in [3.63, 3.8) is 0 Å². The highest BCUT2D eigenvalue weighted by Gasteiger charge is 2.39. The van der Waals surface area contributed by atoms with Crippen LogP contribution in [0.4, 0.5) is 4.79 Å². The maximum Gasteiger partial charge on any atom is 0.410 e. The predicted molar refractivity (Wildman–Crippen MR) is 93.6 cm³/mol. The van der Waals surface area contributed by atoms with E-state index in [2.05, 4.69) is 0 Å². The fraction of sp³-hybridized carbons (Fsp3) is 0.526. The highest BCUT2D eigenvalue weighted by molar-refractivity contribution is 5.68. The Labute approximate surface area is 143 Å². The van der Waals surface area contributed by atoms with E-state index in [0.717, 1.165) is 5.57 Å². The normalized spacial score (nSPS) is 26.9. The van der Waals surface area contributed by atoms with Gasteiger partial charge in [0, 0.05) is 25.6 Å². The molecule has 1 saturated heterocycles. The number of hydrogen-bond donors (Lipinski definition) is 2. The second kappa shape index (κ2) is 7.71. The molecule has 132 valence electrons. The zero-order valence-corrected chi connectivity index (χ0v) is 14.6. The summed E-state index contributed by atoms with van der Waals surface area (Å²) in [5, 5.41) is 19.7. The molecule has 0 saturated carbocycles. The van der Waals surface area contributed by atoms with Crippen LogP contribution >= 0.6 is 0 Å². The molecule has 1 aliphatic heterocycles. The summed E-state index contributed by atoms with van der Waals surface area (Å²) in [6.07, 6.45) is 11.2. The molecule has 2 rings (SSSR count). The molecule has 0 spiro atoms.